The molecular formula is C19H20N2O7. The Balaban J connectivity index is 1.92. The highest BCUT2D eigenvalue weighted by molar-refractivity contribution is 5.96. The molecule has 0 atom stereocenters. The quantitative estimate of drug-likeness (QED) is 0.419. The van der Waals surface area contributed by atoms with Crippen molar-refractivity contribution in [3.8, 4) is 11.5 Å². The van der Waals surface area contributed by atoms with Crippen LogP contribution < -0.4 is 14.8 Å². The number of ether oxygens (including phenoxy) is 3. The zero-order valence-electron chi connectivity index (χ0n) is 15.7. The topological polar surface area (TPSA) is 117 Å². The number of nitrogens with zero attached hydrogens (tertiary/aromatic N) is 1. The molecule has 148 valence electrons. The van der Waals surface area contributed by atoms with Crippen LogP contribution in [-0.2, 0) is 16.1 Å². The molecular weight excluding hydrogens is 368 g/mol. The second-order valence-corrected chi connectivity index (χ2v) is 5.78. The number of amides is 1. The molecule has 9 nitrogen and oxygen atoms in total. The summed E-state index contributed by atoms with van der Waals surface area (Å²) in [6.45, 7) is 1.47. The second kappa shape index (κ2) is 9.36. The molecule has 0 aromatic heterocycles. The summed E-state index contributed by atoms with van der Waals surface area (Å²) >= 11 is 0. The molecule has 1 amide bonds. The Hall–Kier alpha value is -3.62. The summed E-state index contributed by atoms with van der Waals surface area (Å²) in [5, 5.41) is 13.1. The number of benzene rings is 2. The molecule has 9 heteroatoms. The van der Waals surface area contributed by atoms with Gasteiger partial charge in [0.25, 0.3) is 11.6 Å². The van der Waals surface area contributed by atoms with Crippen LogP contribution in [0.25, 0.3) is 0 Å². The number of nitro groups is 1. The van der Waals surface area contributed by atoms with Gasteiger partial charge in [-0.1, -0.05) is 6.07 Å². The van der Waals surface area contributed by atoms with Gasteiger partial charge < -0.3 is 19.5 Å². The van der Waals surface area contributed by atoms with Crippen molar-refractivity contribution in [2.24, 2.45) is 0 Å². The van der Waals surface area contributed by atoms with Crippen molar-refractivity contribution in [3.63, 3.8) is 0 Å². The highest BCUT2D eigenvalue weighted by atomic mass is 16.6. The fraction of sp³-hybridized carbons (Fsp3) is 0.263. The number of nitrogens with one attached hydrogen (secondary N) is 1. The molecule has 28 heavy (non-hydrogen) atoms. The van der Waals surface area contributed by atoms with Crippen molar-refractivity contribution in [3.05, 3.63) is 63.2 Å². The van der Waals surface area contributed by atoms with Gasteiger partial charge in [0.2, 0.25) is 0 Å². The number of rotatable bonds is 8. The Morgan fingerprint density at radius 2 is 1.79 bits per heavy atom. The number of hydrogen-bond donors (Lipinski definition) is 1. The minimum Gasteiger partial charge on any atom is -0.493 e. The van der Waals surface area contributed by atoms with E-state index in [9.17, 15) is 19.7 Å². The maximum atomic E-state index is 12.0. The SMILES string of the molecule is COc1cc(C)c(COC(=O)CNC(=O)c2cccc([N+](=O)[O-])c2)cc1OC. The van der Waals surface area contributed by atoms with Crippen LogP contribution >= 0.6 is 0 Å². The summed E-state index contributed by atoms with van der Waals surface area (Å²) in [5.41, 5.74) is 1.46. The summed E-state index contributed by atoms with van der Waals surface area (Å²) in [4.78, 5) is 34.1. The molecule has 0 saturated carbocycles. The number of methoxy groups -OCH3 is 2. The lowest BCUT2D eigenvalue weighted by Crippen LogP contribution is -2.30. The summed E-state index contributed by atoms with van der Waals surface area (Å²) in [6.07, 6.45) is 0. The van der Waals surface area contributed by atoms with E-state index < -0.39 is 16.8 Å². The Morgan fingerprint density at radius 1 is 1.11 bits per heavy atom. The molecule has 2 aromatic carbocycles. The van der Waals surface area contributed by atoms with Crippen molar-refractivity contribution < 1.29 is 28.7 Å². The number of carbonyl (C=O) groups is 2. The molecule has 0 fully saturated rings. The Morgan fingerprint density at radius 3 is 2.43 bits per heavy atom. The van der Waals surface area contributed by atoms with Crippen LogP contribution in [0.2, 0.25) is 0 Å². The Kier molecular flexibility index (Phi) is 6.91. The van der Waals surface area contributed by atoms with Crippen LogP contribution in [0.1, 0.15) is 21.5 Å². The van der Waals surface area contributed by atoms with Gasteiger partial charge in [-0.3, -0.25) is 19.7 Å². The first kappa shape index (κ1) is 20.7. The fourth-order valence-electron chi connectivity index (χ4n) is 2.40. The van der Waals surface area contributed by atoms with E-state index >= 15 is 0 Å². The van der Waals surface area contributed by atoms with E-state index in [1.54, 1.807) is 12.1 Å². The third-order valence-corrected chi connectivity index (χ3v) is 3.94. The third kappa shape index (κ3) is 5.19. The van der Waals surface area contributed by atoms with Gasteiger partial charge in [0.1, 0.15) is 13.2 Å². The van der Waals surface area contributed by atoms with Gasteiger partial charge in [-0.15, -0.1) is 0 Å². The second-order valence-electron chi connectivity index (χ2n) is 5.78. The molecule has 0 aliphatic rings. The van der Waals surface area contributed by atoms with Gasteiger partial charge in [0.15, 0.2) is 11.5 Å². The first-order valence-electron chi connectivity index (χ1n) is 8.25. The number of nitro benzene ring substituents is 1. The fourth-order valence-corrected chi connectivity index (χ4v) is 2.40. The lowest BCUT2D eigenvalue weighted by atomic mass is 10.1. The molecule has 0 radical (unpaired) electrons. The maximum Gasteiger partial charge on any atom is 0.325 e. The first-order chi connectivity index (χ1) is 13.3. The van der Waals surface area contributed by atoms with Crippen LogP contribution in [0.15, 0.2) is 36.4 Å². The van der Waals surface area contributed by atoms with E-state index in [-0.39, 0.29) is 24.4 Å². The number of carbonyl (C=O) groups excluding carboxylic acids is 2. The molecule has 0 aliphatic carbocycles. The van der Waals surface area contributed by atoms with Crippen LogP contribution in [-0.4, -0.2) is 37.6 Å². The number of esters is 1. The minimum atomic E-state index is -0.645. The van der Waals surface area contributed by atoms with Crippen LogP contribution in [0, 0.1) is 17.0 Å². The minimum absolute atomic E-state index is 0.00228. The van der Waals surface area contributed by atoms with Crippen molar-refractivity contribution in [1.29, 1.82) is 0 Å². The summed E-state index contributed by atoms with van der Waals surface area (Å²) in [5.74, 6) is -0.173. The number of non-ortho nitro benzene ring substituents is 1. The molecule has 2 aromatic rings. The van der Waals surface area contributed by atoms with Crippen LogP contribution in [0.5, 0.6) is 11.5 Å². The lowest BCUT2D eigenvalue weighted by molar-refractivity contribution is -0.384. The first-order valence-corrected chi connectivity index (χ1v) is 8.25. The third-order valence-electron chi connectivity index (χ3n) is 3.94. The molecule has 0 spiro atoms. The van der Waals surface area contributed by atoms with Crippen molar-refractivity contribution in [2.45, 2.75) is 13.5 Å². The lowest BCUT2D eigenvalue weighted by Gasteiger charge is -2.13. The van der Waals surface area contributed by atoms with Crippen LogP contribution in [0.3, 0.4) is 0 Å². The highest BCUT2D eigenvalue weighted by Crippen LogP contribution is 2.30. The Labute approximate surface area is 161 Å². The molecule has 0 unspecified atom stereocenters. The molecule has 1 N–H and O–H groups in total. The standard InChI is InChI=1S/C19H20N2O7/c1-12-7-16(26-2)17(27-3)9-14(12)11-28-18(22)10-20-19(23)13-5-4-6-15(8-13)21(24)25/h4-9H,10-11H2,1-3H3,(H,20,23). The molecule has 0 heterocycles. The van der Waals surface area contributed by atoms with E-state index in [4.69, 9.17) is 14.2 Å². The van der Waals surface area contributed by atoms with Crippen molar-refractivity contribution in [2.75, 3.05) is 20.8 Å². The molecule has 0 bridgehead atoms. The van der Waals surface area contributed by atoms with E-state index in [0.717, 1.165) is 17.2 Å². The largest absolute Gasteiger partial charge is 0.493 e. The van der Waals surface area contributed by atoms with Gasteiger partial charge in [0.05, 0.1) is 19.1 Å². The van der Waals surface area contributed by atoms with Crippen molar-refractivity contribution >= 4 is 17.6 Å². The Bertz CT molecular complexity index is 896. The average molecular weight is 388 g/mol. The smallest absolute Gasteiger partial charge is 0.325 e. The van der Waals surface area contributed by atoms with E-state index in [2.05, 4.69) is 5.32 Å². The summed E-state index contributed by atoms with van der Waals surface area (Å²) in [7, 11) is 3.04. The average Bonchev–Trinajstić information content (AvgIpc) is 2.70. The molecule has 0 saturated heterocycles. The maximum absolute atomic E-state index is 12.0. The van der Waals surface area contributed by atoms with E-state index in [0.29, 0.717) is 11.5 Å². The summed E-state index contributed by atoms with van der Waals surface area (Å²) < 4.78 is 15.6. The monoisotopic (exact) mass is 388 g/mol. The van der Waals surface area contributed by atoms with Gasteiger partial charge in [-0.05, 0) is 36.2 Å². The van der Waals surface area contributed by atoms with E-state index in [1.807, 2.05) is 6.92 Å². The number of aryl methyl sites for hydroxylation is 1. The summed E-state index contributed by atoms with van der Waals surface area (Å²) in [6, 6.07) is 8.70. The zero-order chi connectivity index (χ0) is 20.7. The van der Waals surface area contributed by atoms with E-state index in [1.165, 1.54) is 32.4 Å². The predicted octanol–water partition coefficient (Wildman–Crippen LogP) is 2.39. The van der Waals surface area contributed by atoms with Crippen LogP contribution in [0.4, 0.5) is 5.69 Å². The highest BCUT2D eigenvalue weighted by Gasteiger charge is 2.14. The molecule has 0 aliphatic heterocycles. The van der Waals surface area contributed by atoms with Gasteiger partial charge in [-0.2, -0.15) is 0 Å². The normalized spacial score (nSPS) is 10.1. The predicted molar refractivity (Wildman–Crippen MR) is 99.5 cm³/mol. The van der Waals surface area contributed by atoms with Gasteiger partial charge in [-0.25, -0.2) is 0 Å². The van der Waals surface area contributed by atoms with Gasteiger partial charge in [0, 0.05) is 17.7 Å². The zero-order valence-corrected chi connectivity index (χ0v) is 15.7. The molecule has 2 rings (SSSR count). The number of hydrogen-bond acceptors (Lipinski definition) is 7. The van der Waals surface area contributed by atoms with Gasteiger partial charge >= 0.3 is 5.97 Å². The van der Waals surface area contributed by atoms with Crippen molar-refractivity contribution in [1.82, 2.24) is 5.32 Å².